The summed E-state index contributed by atoms with van der Waals surface area (Å²) >= 11 is 0. The molecule has 0 atom stereocenters. The average molecular weight is 289 g/mol. The van der Waals surface area contributed by atoms with E-state index in [1.165, 1.54) is 0 Å². The Kier molecular flexibility index (Phi) is 4.49. The fourth-order valence-corrected chi connectivity index (χ4v) is 1.43. The normalized spacial score (nSPS) is 12.2. The number of benzene rings is 1. The van der Waals surface area contributed by atoms with Crippen LogP contribution in [0, 0.1) is 10.1 Å². The van der Waals surface area contributed by atoms with Crippen molar-refractivity contribution in [2.75, 3.05) is 7.11 Å². The summed E-state index contributed by atoms with van der Waals surface area (Å²) in [5.74, 6) is -0.874. The van der Waals surface area contributed by atoms with Gasteiger partial charge >= 0.3 is 12.1 Å². The number of ether oxygens (including phenoxy) is 1. The summed E-state index contributed by atoms with van der Waals surface area (Å²) in [6.07, 6.45) is -3.72. The van der Waals surface area contributed by atoms with Crippen molar-refractivity contribution in [3.8, 4) is 0 Å². The highest BCUT2D eigenvalue weighted by Crippen LogP contribution is 2.31. The molecule has 108 valence electrons. The zero-order chi connectivity index (χ0) is 15.5. The van der Waals surface area contributed by atoms with Gasteiger partial charge in [-0.25, -0.2) is 4.79 Å². The van der Waals surface area contributed by atoms with Gasteiger partial charge in [0.05, 0.1) is 23.2 Å². The summed E-state index contributed by atoms with van der Waals surface area (Å²) in [4.78, 5) is 21.2. The van der Waals surface area contributed by atoms with Gasteiger partial charge in [-0.1, -0.05) is 0 Å². The molecule has 0 bridgehead atoms. The molecule has 8 heteroatoms. The van der Waals surface area contributed by atoms with Gasteiger partial charge in [0.25, 0.3) is 0 Å². The fraction of sp³-hybridized carbons (Fsp3) is 0.250. The van der Waals surface area contributed by atoms with Crippen LogP contribution < -0.4 is 0 Å². The Balaban J connectivity index is 3.45. The van der Waals surface area contributed by atoms with E-state index in [9.17, 15) is 28.1 Å². The first-order valence-corrected chi connectivity index (χ1v) is 5.29. The monoisotopic (exact) mass is 289 g/mol. The second-order valence-corrected chi connectivity index (χ2v) is 3.83. The molecule has 0 spiro atoms. The number of allylic oxidation sites excluding steroid dienone is 1. The predicted octanol–water partition coefficient (Wildman–Crippen LogP) is 3.13. The minimum atomic E-state index is -4.61. The van der Waals surface area contributed by atoms with Crippen LogP contribution in [0.15, 0.2) is 23.9 Å². The van der Waals surface area contributed by atoms with Crippen molar-refractivity contribution in [2.45, 2.75) is 13.1 Å². The summed E-state index contributed by atoms with van der Waals surface area (Å²) in [7, 11) is 1.06. The van der Waals surface area contributed by atoms with E-state index in [4.69, 9.17) is 0 Å². The summed E-state index contributed by atoms with van der Waals surface area (Å²) in [5.41, 5.74) is -1.80. The van der Waals surface area contributed by atoms with Crippen molar-refractivity contribution in [1.29, 1.82) is 0 Å². The molecule has 5 nitrogen and oxygen atoms in total. The minimum Gasteiger partial charge on any atom is -0.465 e. The number of rotatable bonds is 3. The van der Waals surface area contributed by atoms with Crippen LogP contribution in [-0.2, 0) is 10.9 Å². The molecule has 1 rings (SSSR count). The van der Waals surface area contributed by atoms with E-state index in [1.54, 1.807) is 0 Å². The van der Waals surface area contributed by atoms with Gasteiger partial charge in [-0.2, -0.15) is 13.2 Å². The molecule has 0 saturated carbocycles. The van der Waals surface area contributed by atoms with E-state index in [2.05, 4.69) is 4.74 Å². The Labute approximate surface area is 111 Å². The summed E-state index contributed by atoms with van der Waals surface area (Å²) in [6, 6.07) is 2.30. The first-order chi connectivity index (χ1) is 9.16. The lowest BCUT2D eigenvalue weighted by molar-refractivity contribution is -0.422. The number of halogens is 3. The van der Waals surface area contributed by atoms with Gasteiger partial charge in [0.2, 0.25) is 5.70 Å². The van der Waals surface area contributed by atoms with E-state index in [1.807, 2.05) is 0 Å². The van der Waals surface area contributed by atoms with Gasteiger partial charge < -0.3 is 4.74 Å². The number of hydrogen-bond donors (Lipinski definition) is 0. The number of nitrogens with zero attached hydrogens (tertiary/aromatic N) is 1. The van der Waals surface area contributed by atoms with Gasteiger partial charge in [-0.05, 0) is 23.8 Å². The largest absolute Gasteiger partial charge is 0.465 e. The minimum absolute atomic E-state index is 0.179. The Bertz CT molecular complexity index is 579. The molecule has 0 radical (unpaired) electrons. The molecule has 20 heavy (non-hydrogen) atoms. The molecule has 1 aromatic carbocycles. The first kappa shape index (κ1) is 15.7. The Hall–Kier alpha value is -2.38. The Morgan fingerprint density at radius 2 is 2.00 bits per heavy atom. The van der Waals surface area contributed by atoms with Crippen molar-refractivity contribution >= 4 is 12.0 Å². The van der Waals surface area contributed by atoms with E-state index in [-0.39, 0.29) is 11.1 Å². The summed E-state index contributed by atoms with van der Waals surface area (Å²) < 4.78 is 42.2. The third kappa shape index (κ3) is 3.56. The Morgan fingerprint density at radius 3 is 2.45 bits per heavy atom. The van der Waals surface area contributed by atoms with Crippen LogP contribution in [0.25, 0.3) is 6.08 Å². The van der Waals surface area contributed by atoms with Crippen molar-refractivity contribution in [3.63, 3.8) is 0 Å². The predicted molar refractivity (Wildman–Crippen MR) is 63.4 cm³/mol. The number of alkyl halides is 3. The average Bonchev–Trinajstić information content (AvgIpc) is 2.36. The lowest BCUT2D eigenvalue weighted by Gasteiger charge is -2.10. The van der Waals surface area contributed by atoms with Crippen molar-refractivity contribution in [3.05, 3.63) is 50.7 Å². The number of carbonyl (C=O) groups is 1. The SMILES string of the molecule is COC(=O)c1ccc(C(F)(F)F)cc1C=C(C)[N+](=O)[O-]. The number of esters is 1. The molecule has 0 unspecified atom stereocenters. The van der Waals surface area contributed by atoms with Gasteiger partial charge in [0.1, 0.15) is 0 Å². The molecule has 0 aromatic heterocycles. The fourth-order valence-electron chi connectivity index (χ4n) is 1.43. The zero-order valence-corrected chi connectivity index (χ0v) is 10.5. The Morgan fingerprint density at radius 1 is 1.40 bits per heavy atom. The number of nitro groups is 1. The molecule has 0 heterocycles. The molecular formula is C12H10F3NO4. The molecule has 0 fully saturated rings. The third-order valence-corrected chi connectivity index (χ3v) is 2.44. The summed E-state index contributed by atoms with van der Waals surface area (Å²) in [6.45, 7) is 1.11. The van der Waals surface area contributed by atoms with Gasteiger partial charge in [-0.15, -0.1) is 0 Å². The van der Waals surface area contributed by atoms with E-state index < -0.39 is 28.3 Å². The quantitative estimate of drug-likeness (QED) is 0.487. The lowest BCUT2D eigenvalue weighted by atomic mass is 10.0. The highest BCUT2D eigenvalue weighted by atomic mass is 19.4. The van der Waals surface area contributed by atoms with E-state index >= 15 is 0 Å². The van der Waals surface area contributed by atoms with Gasteiger partial charge in [-0.3, -0.25) is 10.1 Å². The number of carbonyl (C=O) groups excluding carboxylic acids is 1. The summed E-state index contributed by atoms with van der Waals surface area (Å²) in [5, 5.41) is 10.5. The van der Waals surface area contributed by atoms with Crippen molar-refractivity contribution < 1.29 is 27.6 Å². The van der Waals surface area contributed by atoms with Crippen LogP contribution in [0.4, 0.5) is 13.2 Å². The number of hydrogen-bond acceptors (Lipinski definition) is 4. The second kappa shape index (κ2) is 5.72. The van der Waals surface area contributed by atoms with Crippen LogP contribution in [0.5, 0.6) is 0 Å². The molecule has 0 aliphatic carbocycles. The third-order valence-electron chi connectivity index (χ3n) is 2.44. The maximum Gasteiger partial charge on any atom is 0.416 e. The first-order valence-electron chi connectivity index (χ1n) is 5.29. The molecule has 0 saturated heterocycles. The molecule has 0 aliphatic heterocycles. The van der Waals surface area contributed by atoms with Crippen LogP contribution >= 0.6 is 0 Å². The number of methoxy groups -OCH3 is 1. The second-order valence-electron chi connectivity index (χ2n) is 3.83. The zero-order valence-electron chi connectivity index (χ0n) is 10.5. The molecule has 0 N–H and O–H groups in total. The maximum absolute atomic E-state index is 12.6. The molecule has 0 amide bonds. The molecular weight excluding hydrogens is 279 g/mol. The van der Waals surface area contributed by atoms with Gasteiger partial charge in [0, 0.05) is 13.0 Å². The molecule has 0 aliphatic rings. The van der Waals surface area contributed by atoms with Gasteiger partial charge in [0.15, 0.2) is 0 Å². The standard InChI is InChI=1S/C12H10F3NO4/c1-7(16(18)19)5-8-6-9(12(13,14)15)3-4-10(8)11(17)20-2/h3-6H,1-2H3. The van der Waals surface area contributed by atoms with Crippen LogP contribution in [0.1, 0.15) is 28.4 Å². The topological polar surface area (TPSA) is 69.4 Å². The van der Waals surface area contributed by atoms with Crippen molar-refractivity contribution in [1.82, 2.24) is 0 Å². The molecule has 1 aromatic rings. The lowest BCUT2D eigenvalue weighted by Crippen LogP contribution is -2.09. The highest BCUT2D eigenvalue weighted by Gasteiger charge is 2.31. The maximum atomic E-state index is 12.6. The highest BCUT2D eigenvalue weighted by molar-refractivity contribution is 5.93. The van der Waals surface area contributed by atoms with E-state index in [0.29, 0.717) is 12.1 Å². The van der Waals surface area contributed by atoms with Crippen LogP contribution in [0.2, 0.25) is 0 Å². The van der Waals surface area contributed by atoms with Crippen molar-refractivity contribution in [2.24, 2.45) is 0 Å². The van der Waals surface area contributed by atoms with Crippen LogP contribution in [0.3, 0.4) is 0 Å². The van der Waals surface area contributed by atoms with Crippen LogP contribution in [-0.4, -0.2) is 18.0 Å². The smallest absolute Gasteiger partial charge is 0.416 e. The van der Waals surface area contributed by atoms with E-state index in [0.717, 1.165) is 26.2 Å².